The molecule has 0 atom stereocenters. The molecule has 0 saturated heterocycles. The minimum absolute atomic E-state index is 0.500. The largest absolute Gasteiger partial charge is 0.288 e. The Balaban J connectivity index is 1.98. The van der Waals surface area contributed by atoms with Crippen LogP contribution in [0.5, 0.6) is 0 Å². The van der Waals surface area contributed by atoms with Gasteiger partial charge in [0, 0.05) is 18.0 Å². The van der Waals surface area contributed by atoms with Crippen molar-refractivity contribution in [3.8, 4) is 0 Å². The zero-order chi connectivity index (χ0) is 11.2. The predicted molar refractivity (Wildman–Crippen MR) is 67.0 cm³/mol. The Kier molecular flexibility index (Phi) is 3.67. The number of nitrogens with zero attached hydrogens (tertiary/aromatic N) is 2. The molecule has 3 heteroatoms. The minimum Gasteiger partial charge on any atom is -0.288 e. The average Bonchev–Trinajstić information content (AvgIpc) is 2.33. The summed E-state index contributed by atoms with van der Waals surface area (Å²) in [5.74, 6) is 0. The van der Waals surface area contributed by atoms with Crippen LogP contribution >= 0.6 is 11.6 Å². The van der Waals surface area contributed by atoms with Gasteiger partial charge in [0.05, 0.1) is 6.54 Å². The molecule has 0 unspecified atom stereocenters. The van der Waals surface area contributed by atoms with E-state index in [1.807, 2.05) is 24.3 Å². The summed E-state index contributed by atoms with van der Waals surface area (Å²) in [6.45, 7) is 0.684. The van der Waals surface area contributed by atoms with Crippen LogP contribution in [0.25, 0.3) is 0 Å². The average molecular weight is 231 g/mol. The normalized spacial score (nSPS) is 10.8. The molecular weight excluding hydrogens is 220 g/mol. The van der Waals surface area contributed by atoms with Gasteiger partial charge in [0.25, 0.3) is 0 Å². The molecule has 0 aliphatic carbocycles. The van der Waals surface area contributed by atoms with E-state index < -0.39 is 0 Å². The third-order valence-electron chi connectivity index (χ3n) is 2.11. The lowest BCUT2D eigenvalue weighted by Gasteiger charge is -1.95. The van der Waals surface area contributed by atoms with Crippen molar-refractivity contribution in [2.75, 3.05) is 0 Å². The first-order valence-corrected chi connectivity index (χ1v) is 5.38. The van der Waals surface area contributed by atoms with Gasteiger partial charge in [-0.1, -0.05) is 41.9 Å². The lowest BCUT2D eigenvalue weighted by molar-refractivity contribution is 1.08. The maximum Gasteiger partial charge on any atom is 0.129 e. The van der Waals surface area contributed by atoms with E-state index in [0.29, 0.717) is 11.7 Å². The zero-order valence-electron chi connectivity index (χ0n) is 8.68. The number of pyridine rings is 1. The minimum atomic E-state index is 0.500. The van der Waals surface area contributed by atoms with Gasteiger partial charge in [-0.15, -0.1) is 0 Å². The number of hydrogen-bond acceptors (Lipinski definition) is 2. The van der Waals surface area contributed by atoms with Crippen LogP contribution in [0, 0.1) is 0 Å². The Labute approximate surface area is 99.6 Å². The van der Waals surface area contributed by atoms with Gasteiger partial charge in [-0.2, -0.15) is 0 Å². The standard InChI is InChI=1S/C13H11ClN2/c14-13-7-6-12(10-16-13)9-15-8-11-4-2-1-3-5-11/h1-7,9-10H,8H2. The van der Waals surface area contributed by atoms with E-state index in [4.69, 9.17) is 11.6 Å². The van der Waals surface area contributed by atoms with Crippen molar-refractivity contribution < 1.29 is 0 Å². The van der Waals surface area contributed by atoms with Crippen LogP contribution in [-0.2, 0) is 6.54 Å². The Morgan fingerprint density at radius 2 is 1.94 bits per heavy atom. The Bertz CT molecular complexity index is 463. The van der Waals surface area contributed by atoms with Gasteiger partial charge in [0.15, 0.2) is 0 Å². The van der Waals surface area contributed by atoms with Crippen LogP contribution in [0.2, 0.25) is 5.15 Å². The second-order valence-electron chi connectivity index (χ2n) is 3.37. The number of rotatable bonds is 3. The predicted octanol–water partition coefficient (Wildman–Crippen LogP) is 3.35. The molecular formula is C13H11ClN2. The third-order valence-corrected chi connectivity index (χ3v) is 2.33. The van der Waals surface area contributed by atoms with Crippen LogP contribution in [0.4, 0.5) is 0 Å². The van der Waals surface area contributed by atoms with E-state index in [1.54, 1.807) is 18.5 Å². The van der Waals surface area contributed by atoms with Crippen LogP contribution in [-0.4, -0.2) is 11.2 Å². The number of benzene rings is 1. The first kappa shape index (κ1) is 10.8. The number of hydrogen-bond donors (Lipinski definition) is 0. The van der Waals surface area contributed by atoms with Gasteiger partial charge in [-0.3, -0.25) is 4.99 Å². The van der Waals surface area contributed by atoms with Crippen LogP contribution in [0.3, 0.4) is 0 Å². The summed E-state index contributed by atoms with van der Waals surface area (Å²) in [7, 11) is 0. The van der Waals surface area contributed by atoms with Gasteiger partial charge < -0.3 is 0 Å². The number of aromatic nitrogens is 1. The van der Waals surface area contributed by atoms with Crippen LogP contribution < -0.4 is 0 Å². The van der Waals surface area contributed by atoms with Gasteiger partial charge >= 0.3 is 0 Å². The molecule has 1 heterocycles. The van der Waals surface area contributed by atoms with E-state index in [2.05, 4.69) is 22.1 Å². The van der Waals surface area contributed by atoms with Crippen molar-refractivity contribution in [2.45, 2.75) is 6.54 Å². The molecule has 0 bridgehead atoms. The molecule has 0 aliphatic heterocycles. The summed E-state index contributed by atoms with van der Waals surface area (Å²) >= 11 is 5.69. The molecule has 0 aliphatic rings. The molecule has 2 rings (SSSR count). The van der Waals surface area contributed by atoms with Crippen LogP contribution in [0.15, 0.2) is 53.7 Å². The second kappa shape index (κ2) is 5.42. The van der Waals surface area contributed by atoms with E-state index >= 15 is 0 Å². The molecule has 0 radical (unpaired) electrons. The Morgan fingerprint density at radius 1 is 1.12 bits per heavy atom. The zero-order valence-corrected chi connectivity index (χ0v) is 9.43. The highest BCUT2D eigenvalue weighted by molar-refractivity contribution is 6.29. The molecule has 0 spiro atoms. The van der Waals surface area contributed by atoms with Crippen molar-refractivity contribution >= 4 is 17.8 Å². The third kappa shape index (κ3) is 3.17. The summed E-state index contributed by atoms with van der Waals surface area (Å²) in [6, 6.07) is 13.8. The molecule has 2 nitrogen and oxygen atoms in total. The van der Waals surface area contributed by atoms with Crippen molar-refractivity contribution in [2.24, 2.45) is 4.99 Å². The van der Waals surface area contributed by atoms with E-state index in [0.717, 1.165) is 5.56 Å². The van der Waals surface area contributed by atoms with Gasteiger partial charge in [0.1, 0.15) is 5.15 Å². The molecule has 2 aromatic rings. The molecule has 16 heavy (non-hydrogen) atoms. The highest BCUT2D eigenvalue weighted by atomic mass is 35.5. The van der Waals surface area contributed by atoms with Crippen molar-refractivity contribution in [3.05, 3.63) is 64.9 Å². The molecule has 1 aromatic heterocycles. The summed E-state index contributed by atoms with van der Waals surface area (Å²) in [4.78, 5) is 8.31. The first-order valence-electron chi connectivity index (χ1n) is 5.00. The molecule has 0 amide bonds. The maximum atomic E-state index is 5.69. The summed E-state index contributed by atoms with van der Waals surface area (Å²) in [5, 5.41) is 0.500. The topological polar surface area (TPSA) is 25.2 Å². The smallest absolute Gasteiger partial charge is 0.129 e. The molecule has 80 valence electrons. The summed E-state index contributed by atoms with van der Waals surface area (Å²) in [6.07, 6.45) is 3.51. The molecule has 1 aromatic carbocycles. The maximum absolute atomic E-state index is 5.69. The van der Waals surface area contributed by atoms with E-state index in [9.17, 15) is 0 Å². The monoisotopic (exact) mass is 230 g/mol. The highest BCUT2D eigenvalue weighted by Gasteiger charge is 1.90. The van der Waals surface area contributed by atoms with Crippen LogP contribution in [0.1, 0.15) is 11.1 Å². The van der Waals surface area contributed by atoms with Gasteiger partial charge in [-0.05, 0) is 17.7 Å². The lowest BCUT2D eigenvalue weighted by atomic mass is 10.2. The van der Waals surface area contributed by atoms with E-state index in [1.165, 1.54) is 5.56 Å². The quantitative estimate of drug-likeness (QED) is 0.586. The lowest BCUT2D eigenvalue weighted by Crippen LogP contribution is -1.85. The fourth-order valence-corrected chi connectivity index (χ4v) is 1.42. The SMILES string of the molecule is Clc1ccc(C=NCc2ccccc2)cn1. The van der Waals surface area contributed by atoms with Gasteiger partial charge in [-0.25, -0.2) is 4.98 Å². The Hall–Kier alpha value is -1.67. The second-order valence-corrected chi connectivity index (χ2v) is 3.76. The highest BCUT2D eigenvalue weighted by Crippen LogP contribution is 2.04. The van der Waals surface area contributed by atoms with Gasteiger partial charge in [0.2, 0.25) is 0 Å². The molecule has 0 fully saturated rings. The fourth-order valence-electron chi connectivity index (χ4n) is 1.30. The van der Waals surface area contributed by atoms with Crippen molar-refractivity contribution in [1.82, 2.24) is 4.98 Å². The number of aliphatic imine (C=N–C) groups is 1. The first-order chi connectivity index (χ1) is 7.84. The summed E-state index contributed by atoms with van der Waals surface area (Å²) in [5.41, 5.74) is 2.15. The van der Waals surface area contributed by atoms with Crippen molar-refractivity contribution in [1.29, 1.82) is 0 Å². The Morgan fingerprint density at radius 3 is 2.62 bits per heavy atom. The van der Waals surface area contributed by atoms with E-state index in [-0.39, 0.29) is 0 Å². The number of halogens is 1. The fraction of sp³-hybridized carbons (Fsp3) is 0.0769. The van der Waals surface area contributed by atoms with Crippen molar-refractivity contribution in [3.63, 3.8) is 0 Å². The summed E-state index contributed by atoms with van der Waals surface area (Å²) < 4.78 is 0. The molecule has 0 saturated carbocycles. The molecule has 0 N–H and O–H groups in total.